The van der Waals surface area contributed by atoms with E-state index in [0.29, 0.717) is 33.9 Å². The van der Waals surface area contributed by atoms with Gasteiger partial charge in [0.1, 0.15) is 0 Å². The van der Waals surface area contributed by atoms with Gasteiger partial charge in [0.25, 0.3) is 0 Å². The average molecular weight is 1630 g/mol. The Kier molecular flexibility index (Phi) is 20.3. The first kappa shape index (κ1) is 77.8. The molecule has 0 saturated heterocycles. The maximum atomic E-state index is 10.6. The van der Waals surface area contributed by atoms with Crippen LogP contribution in [0.4, 0.5) is 0 Å². The fraction of sp³-hybridized carbons (Fsp3) is 0.0339. The van der Waals surface area contributed by atoms with E-state index in [1.165, 1.54) is 22.3 Å². The third-order valence-electron chi connectivity index (χ3n) is 24.5. The highest BCUT2D eigenvalue weighted by atomic mass is 15.0. The number of aromatic nitrogens is 6. The van der Waals surface area contributed by atoms with E-state index < -0.39 is 0 Å². The SMILES string of the molecule is Cc1ccc(-c2ccc3c(c2)c2cc(-c4ccc(CCc5ccc(-c6ccc7c(c6)c6ccccc6n7-c6c(-c7cccc(C#N)c7)cc(-c7nc(-c8ccccc8)cc(-c8ccccc8)n7)cc6-c6cccc(C#N)c6)c(C)c5)cc4)ccc2n3-c2c(-c3cccc(C#N)c3)cc(-c3nc(-c4ccccc4)cc(-c4ccccc4)n3)cc2-c2cccc(C#N)c2)cc1. The zero-order valence-electron chi connectivity index (χ0n) is 70.0. The van der Waals surface area contributed by atoms with E-state index in [1.807, 2.05) is 158 Å². The number of aryl methyl sites for hydroxylation is 4. The second-order valence-corrected chi connectivity index (χ2v) is 32.6. The number of fused-ring (bicyclic) bond motifs is 6. The van der Waals surface area contributed by atoms with Gasteiger partial charge in [-0.1, -0.05) is 279 Å². The predicted molar refractivity (Wildman–Crippen MR) is 519 cm³/mol. The first-order chi connectivity index (χ1) is 63.0. The largest absolute Gasteiger partial charge is 0.308 e. The van der Waals surface area contributed by atoms with E-state index >= 15 is 0 Å². The normalized spacial score (nSPS) is 11.2. The molecule has 10 heteroatoms. The summed E-state index contributed by atoms with van der Waals surface area (Å²) in [7, 11) is 0. The molecular formula is C118H76N10. The summed E-state index contributed by atoms with van der Waals surface area (Å²) in [6, 6.07) is 148. The molecule has 0 spiro atoms. The topological polar surface area (TPSA) is 157 Å². The van der Waals surface area contributed by atoms with Crippen LogP contribution in [0.25, 0.3) is 201 Å². The predicted octanol–water partition coefficient (Wildman–Crippen LogP) is 29.0. The summed E-state index contributed by atoms with van der Waals surface area (Å²) in [4.78, 5) is 21.5. The van der Waals surface area contributed by atoms with Crippen LogP contribution in [0.3, 0.4) is 0 Å². The lowest BCUT2D eigenvalue weighted by molar-refractivity contribution is 0.958. The molecule has 0 fully saturated rings. The minimum absolute atomic E-state index is 0.519. The first-order valence-corrected chi connectivity index (χ1v) is 42.8. The second-order valence-electron chi connectivity index (χ2n) is 32.6. The summed E-state index contributed by atoms with van der Waals surface area (Å²) < 4.78 is 4.74. The molecular weight excluding hydrogens is 1560 g/mol. The van der Waals surface area contributed by atoms with Gasteiger partial charge in [0.15, 0.2) is 11.6 Å². The highest BCUT2D eigenvalue weighted by Crippen LogP contribution is 2.49. The molecule has 598 valence electrons. The van der Waals surface area contributed by atoms with Crippen molar-refractivity contribution in [1.82, 2.24) is 29.1 Å². The molecule has 0 radical (unpaired) electrons. The molecule has 0 saturated carbocycles. The molecule has 0 aliphatic heterocycles. The molecule has 0 unspecified atom stereocenters. The molecule has 128 heavy (non-hydrogen) atoms. The van der Waals surface area contributed by atoms with Gasteiger partial charge in [0.05, 0.1) is 103 Å². The standard InChI is InChI=1S/C118H76N10/c1-75-39-46-83(47-40-75)89-50-54-113-105(62-89)106-63-90(51-55-114(106)128(113)116-102(93-35-19-23-81(60-93)73-121)67-97(68-103(116)94-36-20-24-82(61-94)74-122)118-125-109(87-29-11-5-12-30-87)70-110(126-118)88-31-13-6-14-32-88)84-48-43-77(44-49-84)41-42-78-45-53-98(76(2)57-78)95-52-56-112-104(64-95)99-37-15-16-38-111(99)127(112)115-100(91-33-17-21-79(58-91)71-119)65-96(66-101(115)92-34-18-22-80(59-92)72-120)117-123-107(85-25-7-3-8-26-85)69-108(124-117)86-27-9-4-10-28-86/h3-40,43-70H,41-42H2,1-2H3. The van der Waals surface area contributed by atoms with Gasteiger partial charge in [0.2, 0.25) is 0 Å². The van der Waals surface area contributed by atoms with Gasteiger partial charge >= 0.3 is 0 Å². The third kappa shape index (κ3) is 14.8. The summed E-state index contributed by atoms with van der Waals surface area (Å²) in [6.45, 7) is 4.33. The third-order valence-corrected chi connectivity index (χ3v) is 24.5. The van der Waals surface area contributed by atoms with Crippen molar-refractivity contribution in [3.05, 3.63) is 445 Å². The Labute approximate surface area is 741 Å². The van der Waals surface area contributed by atoms with Gasteiger partial charge in [-0.25, -0.2) is 19.9 Å². The van der Waals surface area contributed by atoms with Gasteiger partial charge in [-0.15, -0.1) is 0 Å². The molecule has 21 rings (SSSR count). The van der Waals surface area contributed by atoms with Crippen molar-refractivity contribution in [2.75, 3.05) is 0 Å². The maximum absolute atomic E-state index is 10.6. The van der Waals surface area contributed by atoms with Crippen LogP contribution in [0.2, 0.25) is 0 Å². The fourth-order valence-electron chi connectivity index (χ4n) is 18.2. The lowest BCUT2D eigenvalue weighted by Crippen LogP contribution is -2.03. The molecule has 17 aromatic carbocycles. The van der Waals surface area contributed by atoms with Crippen LogP contribution in [-0.4, -0.2) is 29.1 Å². The minimum atomic E-state index is 0.519. The van der Waals surface area contributed by atoms with Crippen molar-refractivity contribution in [3.63, 3.8) is 0 Å². The van der Waals surface area contributed by atoms with Crippen LogP contribution >= 0.6 is 0 Å². The van der Waals surface area contributed by atoms with Crippen LogP contribution in [0, 0.1) is 59.2 Å². The van der Waals surface area contributed by atoms with Crippen LogP contribution in [0.5, 0.6) is 0 Å². The van der Waals surface area contributed by atoms with E-state index in [9.17, 15) is 21.0 Å². The smallest absolute Gasteiger partial charge is 0.160 e. The first-order valence-electron chi connectivity index (χ1n) is 42.8. The molecule has 0 amide bonds. The monoisotopic (exact) mass is 1630 g/mol. The summed E-state index contributed by atoms with van der Waals surface area (Å²) in [5, 5.41) is 46.6. The number of benzene rings is 17. The molecule has 0 aliphatic rings. The van der Waals surface area contributed by atoms with Crippen molar-refractivity contribution in [1.29, 1.82) is 21.0 Å². The van der Waals surface area contributed by atoms with Crippen LogP contribution < -0.4 is 0 Å². The fourth-order valence-corrected chi connectivity index (χ4v) is 18.2. The lowest BCUT2D eigenvalue weighted by Gasteiger charge is -2.21. The maximum Gasteiger partial charge on any atom is 0.160 e. The summed E-state index contributed by atoms with van der Waals surface area (Å²) in [5.41, 5.74) is 34.5. The van der Waals surface area contributed by atoms with E-state index in [1.54, 1.807) is 0 Å². The number of nitriles is 4. The van der Waals surface area contributed by atoms with Crippen molar-refractivity contribution >= 4 is 43.6 Å². The quantitative estimate of drug-likeness (QED) is 0.0822. The summed E-state index contributed by atoms with van der Waals surface area (Å²) in [5.74, 6) is 1.06. The molecule has 4 heterocycles. The number of para-hydroxylation sites is 1. The summed E-state index contributed by atoms with van der Waals surface area (Å²) in [6.07, 6.45) is 1.68. The Morgan fingerprint density at radius 1 is 0.219 bits per heavy atom. The van der Waals surface area contributed by atoms with Crippen LogP contribution in [-0.2, 0) is 12.8 Å². The molecule has 0 N–H and O–H groups in total. The van der Waals surface area contributed by atoms with Crippen LogP contribution in [0.1, 0.15) is 44.5 Å². The van der Waals surface area contributed by atoms with Crippen molar-refractivity contribution in [2.45, 2.75) is 26.7 Å². The average Bonchev–Trinajstić information content (AvgIpc) is 1.56. The van der Waals surface area contributed by atoms with Crippen molar-refractivity contribution in [3.8, 4) is 181 Å². The van der Waals surface area contributed by atoms with Gasteiger partial charge < -0.3 is 9.13 Å². The molecule has 10 nitrogen and oxygen atoms in total. The molecule has 0 bridgehead atoms. The summed E-state index contributed by atoms with van der Waals surface area (Å²) >= 11 is 0. The molecule has 21 aromatic rings. The Morgan fingerprint density at radius 3 is 0.906 bits per heavy atom. The number of hydrogen-bond donors (Lipinski definition) is 0. The van der Waals surface area contributed by atoms with Crippen LogP contribution in [0.15, 0.2) is 400 Å². The Morgan fingerprint density at radius 2 is 0.523 bits per heavy atom. The minimum Gasteiger partial charge on any atom is -0.308 e. The number of hydrogen-bond acceptors (Lipinski definition) is 8. The second kappa shape index (κ2) is 33.4. The number of rotatable bonds is 18. The van der Waals surface area contributed by atoms with Gasteiger partial charge in [-0.2, -0.15) is 21.0 Å². The lowest BCUT2D eigenvalue weighted by atomic mass is 9.91. The van der Waals surface area contributed by atoms with E-state index in [4.69, 9.17) is 19.9 Å². The Bertz CT molecular complexity index is 7890. The van der Waals surface area contributed by atoms with Crippen molar-refractivity contribution < 1.29 is 0 Å². The molecule has 0 aliphatic carbocycles. The Hall–Kier alpha value is -17.5. The molecule has 4 aromatic heterocycles. The van der Waals surface area contributed by atoms with E-state index in [-0.39, 0.29) is 0 Å². The zero-order chi connectivity index (χ0) is 86.3. The van der Waals surface area contributed by atoms with Gasteiger partial charge in [-0.05, 0) is 226 Å². The zero-order valence-corrected chi connectivity index (χ0v) is 70.0. The highest BCUT2D eigenvalue weighted by molar-refractivity contribution is 6.14. The van der Waals surface area contributed by atoms with E-state index in [2.05, 4.69) is 290 Å². The van der Waals surface area contributed by atoms with Crippen molar-refractivity contribution in [2.24, 2.45) is 0 Å². The molecule has 0 atom stereocenters. The van der Waals surface area contributed by atoms with Gasteiger partial charge in [0, 0.05) is 77.2 Å². The van der Waals surface area contributed by atoms with E-state index in [0.717, 1.165) is 202 Å². The highest BCUT2D eigenvalue weighted by Gasteiger charge is 2.28. The number of nitrogens with zero attached hydrogens (tertiary/aromatic N) is 10. The van der Waals surface area contributed by atoms with Gasteiger partial charge in [-0.3, -0.25) is 0 Å². The Balaban J connectivity index is 0.637.